The van der Waals surface area contributed by atoms with Gasteiger partial charge in [0.15, 0.2) is 5.78 Å². The van der Waals surface area contributed by atoms with Gasteiger partial charge in [-0.3, -0.25) is 4.79 Å². The summed E-state index contributed by atoms with van der Waals surface area (Å²) in [7, 11) is 0. The van der Waals surface area contributed by atoms with E-state index in [-0.39, 0.29) is 11.5 Å². The van der Waals surface area contributed by atoms with Crippen LogP contribution < -0.4 is 0 Å². The fraction of sp³-hybridized carbons (Fsp3) is 0.800. The summed E-state index contributed by atoms with van der Waals surface area (Å²) in [6.45, 7) is 3.70. The summed E-state index contributed by atoms with van der Waals surface area (Å²) in [6.07, 6.45) is 6.16. The lowest BCUT2D eigenvalue weighted by atomic mass is 10.1. The number of hydrogen-bond acceptors (Lipinski definition) is 3. The molecule has 0 spiro atoms. The first-order chi connectivity index (χ1) is 6.22. The van der Waals surface area contributed by atoms with Crippen LogP contribution in [0.3, 0.4) is 0 Å². The van der Waals surface area contributed by atoms with Crippen molar-refractivity contribution in [2.24, 2.45) is 5.16 Å². The van der Waals surface area contributed by atoms with E-state index in [2.05, 4.69) is 12.1 Å². The first kappa shape index (κ1) is 12.1. The Hall–Kier alpha value is -0.860. The summed E-state index contributed by atoms with van der Waals surface area (Å²) in [5, 5.41) is 11.2. The Morgan fingerprint density at radius 1 is 1.23 bits per heavy atom. The molecule has 0 heterocycles. The molecule has 0 aliphatic rings. The molecule has 0 rings (SSSR count). The molecule has 0 unspecified atom stereocenters. The van der Waals surface area contributed by atoms with E-state index in [1.54, 1.807) is 0 Å². The second kappa shape index (κ2) is 7.77. The maximum Gasteiger partial charge on any atom is 0.180 e. The van der Waals surface area contributed by atoms with Crippen LogP contribution in [0.4, 0.5) is 0 Å². The van der Waals surface area contributed by atoms with Gasteiger partial charge in [0.2, 0.25) is 0 Å². The number of oxime groups is 1. The van der Waals surface area contributed by atoms with Crippen LogP contribution in [-0.2, 0) is 4.79 Å². The number of rotatable bonds is 7. The average molecular weight is 185 g/mol. The zero-order valence-corrected chi connectivity index (χ0v) is 8.55. The van der Waals surface area contributed by atoms with Crippen LogP contribution in [0.1, 0.15) is 52.4 Å². The molecule has 0 aromatic heterocycles. The van der Waals surface area contributed by atoms with Gasteiger partial charge < -0.3 is 5.21 Å². The Bertz CT molecular complexity index is 176. The number of carbonyl (C=O) groups is 1. The van der Waals surface area contributed by atoms with Crippen LogP contribution in [0.5, 0.6) is 0 Å². The van der Waals surface area contributed by atoms with Gasteiger partial charge in [-0.25, -0.2) is 0 Å². The van der Waals surface area contributed by atoms with Crippen molar-refractivity contribution in [3.63, 3.8) is 0 Å². The summed E-state index contributed by atoms with van der Waals surface area (Å²) in [5.74, 6) is -0.0426. The van der Waals surface area contributed by atoms with Gasteiger partial charge in [-0.05, 0) is 13.3 Å². The Balaban J connectivity index is 3.38. The Morgan fingerprint density at radius 2 is 1.85 bits per heavy atom. The second-order valence-corrected chi connectivity index (χ2v) is 3.27. The van der Waals surface area contributed by atoms with E-state index in [4.69, 9.17) is 5.21 Å². The maximum absolute atomic E-state index is 11.1. The molecule has 1 N–H and O–H groups in total. The van der Waals surface area contributed by atoms with Crippen LogP contribution in [0.2, 0.25) is 0 Å². The van der Waals surface area contributed by atoms with Crippen molar-refractivity contribution in [1.82, 2.24) is 0 Å². The molecule has 0 bridgehead atoms. The molecule has 0 amide bonds. The summed E-state index contributed by atoms with van der Waals surface area (Å²) in [5.41, 5.74) is 0.218. The Kier molecular flexibility index (Phi) is 7.26. The van der Waals surface area contributed by atoms with Crippen molar-refractivity contribution in [1.29, 1.82) is 0 Å². The van der Waals surface area contributed by atoms with Gasteiger partial charge in [0.05, 0.1) is 0 Å². The number of unbranched alkanes of at least 4 members (excludes halogenated alkanes) is 4. The van der Waals surface area contributed by atoms with E-state index >= 15 is 0 Å². The van der Waals surface area contributed by atoms with Crippen molar-refractivity contribution >= 4 is 11.5 Å². The fourth-order valence-corrected chi connectivity index (χ4v) is 1.13. The molecule has 13 heavy (non-hydrogen) atoms. The first-order valence-corrected chi connectivity index (χ1v) is 4.94. The van der Waals surface area contributed by atoms with E-state index in [1.807, 2.05) is 0 Å². The SMILES string of the molecule is CCCCCCCC(=O)/C(C)=N\O. The van der Waals surface area contributed by atoms with Gasteiger partial charge in [0.25, 0.3) is 0 Å². The number of nitrogens with zero attached hydrogens (tertiary/aromatic N) is 1. The van der Waals surface area contributed by atoms with Crippen LogP contribution in [0, 0.1) is 0 Å². The molecule has 3 heteroatoms. The highest BCUT2D eigenvalue weighted by molar-refractivity contribution is 6.38. The molecular formula is C10H19NO2. The highest BCUT2D eigenvalue weighted by atomic mass is 16.4. The normalized spacial score (nSPS) is 11.7. The largest absolute Gasteiger partial charge is 0.411 e. The molecule has 0 aromatic rings. The summed E-state index contributed by atoms with van der Waals surface area (Å²) >= 11 is 0. The molecule has 0 saturated carbocycles. The summed E-state index contributed by atoms with van der Waals surface area (Å²) < 4.78 is 0. The van der Waals surface area contributed by atoms with Crippen LogP contribution in [0.15, 0.2) is 5.16 Å². The molecule has 0 fully saturated rings. The lowest BCUT2D eigenvalue weighted by Crippen LogP contribution is -2.09. The molecule has 0 aliphatic carbocycles. The van der Waals surface area contributed by atoms with Crippen molar-refractivity contribution < 1.29 is 10.0 Å². The Morgan fingerprint density at radius 3 is 2.38 bits per heavy atom. The maximum atomic E-state index is 11.1. The monoisotopic (exact) mass is 185 g/mol. The third-order valence-corrected chi connectivity index (χ3v) is 2.06. The smallest absolute Gasteiger partial charge is 0.180 e. The molecule has 0 saturated heterocycles. The Labute approximate surface area is 79.8 Å². The minimum Gasteiger partial charge on any atom is -0.411 e. The minimum absolute atomic E-state index is 0.0426. The third-order valence-electron chi connectivity index (χ3n) is 2.06. The number of carbonyl (C=O) groups excluding carboxylic acids is 1. The van der Waals surface area contributed by atoms with Crippen LogP contribution >= 0.6 is 0 Å². The van der Waals surface area contributed by atoms with E-state index in [9.17, 15) is 4.79 Å². The van der Waals surface area contributed by atoms with Crippen LogP contribution in [-0.4, -0.2) is 16.7 Å². The highest BCUT2D eigenvalue weighted by Crippen LogP contribution is 2.05. The molecule has 76 valence electrons. The predicted octanol–water partition coefficient (Wildman–Crippen LogP) is 2.77. The van der Waals surface area contributed by atoms with Gasteiger partial charge in [-0.15, -0.1) is 0 Å². The van der Waals surface area contributed by atoms with Gasteiger partial charge in [0.1, 0.15) is 5.71 Å². The number of hydrogen-bond donors (Lipinski definition) is 1. The lowest BCUT2D eigenvalue weighted by Gasteiger charge is -1.98. The molecule has 0 atom stereocenters. The van der Waals surface area contributed by atoms with E-state index in [1.165, 1.54) is 26.2 Å². The zero-order valence-electron chi connectivity index (χ0n) is 8.55. The van der Waals surface area contributed by atoms with E-state index in [0.717, 1.165) is 12.8 Å². The molecule has 0 radical (unpaired) electrons. The van der Waals surface area contributed by atoms with E-state index < -0.39 is 0 Å². The summed E-state index contributed by atoms with van der Waals surface area (Å²) in [6, 6.07) is 0. The fourth-order valence-electron chi connectivity index (χ4n) is 1.13. The minimum atomic E-state index is -0.0426. The van der Waals surface area contributed by atoms with Gasteiger partial charge in [-0.2, -0.15) is 0 Å². The van der Waals surface area contributed by atoms with Crippen LogP contribution in [0.25, 0.3) is 0 Å². The highest BCUT2D eigenvalue weighted by Gasteiger charge is 2.05. The quantitative estimate of drug-likeness (QED) is 0.287. The third kappa shape index (κ3) is 6.31. The second-order valence-electron chi connectivity index (χ2n) is 3.27. The summed E-state index contributed by atoms with van der Waals surface area (Å²) in [4.78, 5) is 11.1. The molecule has 0 aliphatic heterocycles. The van der Waals surface area contributed by atoms with Crippen molar-refractivity contribution in [2.45, 2.75) is 52.4 Å². The van der Waals surface area contributed by atoms with Crippen molar-refractivity contribution in [2.75, 3.05) is 0 Å². The average Bonchev–Trinajstić information content (AvgIpc) is 2.16. The topological polar surface area (TPSA) is 49.7 Å². The van der Waals surface area contributed by atoms with Crippen molar-refractivity contribution in [3.05, 3.63) is 0 Å². The number of Topliss-reactive ketones (excluding diaryl/α,β-unsaturated/α-hetero) is 1. The van der Waals surface area contributed by atoms with Gasteiger partial charge in [-0.1, -0.05) is 37.8 Å². The zero-order chi connectivity index (χ0) is 10.1. The molecule has 0 aromatic carbocycles. The standard InChI is InChI=1S/C10H19NO2/c1-3-4-5-6-7-8-10(12)9(2)11-13/h13H,3-8H2,1-2H3/b11-9-. The van der Waals surface area contributed by atoms with Gasteiger partial charge in [0, 0.05) is 6.42 Å². The van der Waals surface area contributed by atoms with Crippen molar-refractivity contribution in [3.8, 4) is 0 Å². The first-order valence-electron chi connectivity index (χ1n) is 4.94. The lowest BCUT2D eigenvalue weighted by molar-refractivity contribution is -0.113. The molecule has 3 nitrogen and oxygen atoms in total. The molecular weight excluding hydrogens is 166 g/mol. The van der Waals surface area contributed by atoms with E-state index in [0.29, 0.717) is 6.42 Å². The number of ketones is 1. The van der Waals surface area contributed by atoms with Gasteiger partial charge >= 0.3 is 0 Å². The predicted molar refractivity (Wildman–Crippen MR) is 53.3 cm³/mol.